The Balaban J connectivity index is 0.00000280. The molecule has 1 aliphatic heterocycles. The van der Waals surface area contributed by atoms with E-state index >= 15 is 0 Å². The first-order chi connectivity index (χ1) is 13.2. The van der Waals surface area contributed by atoms with Gasteiger partial charge >= 0.3 is 6.09 Å². The molecule has 2 aromatic rings. The number of aliphatic imine (C=N–C) groups is 1. The van der Waals surface area contributed by atoms with E-state index in [1.807, 2.05) is 44.2 Å². The number of hydrogen-bond acceptors (Lipinski definition) is 4. The zero-order valence-corrected chi connectivity index (χ0v) is 18.8. The summed E-state index contributed by atoms with van der Waals surface area (Å²) in [6.07, 6.45) is 1.52. The number of halogens is 1. The van der Waals surface area contributed by atoms with Gasteiger partial charge in [0.1, 0.15) is 17.9 Å². The number of carbonyl (C=O) groups excluding carboxylic acids is 1. The number of guanidine groups is 1. The van der Waals surface area contributed by atoms with Crippen molar-refractivity contribution in [2.75, 3.05) is 26.2 Å². The van der Waals surface area contributed by atoms with Gasteiger partial charge in [0.2, 0.25) is 0 Å². The van der Waals surface area contributed by atoms with Crippen molar-refractivity contribution in [1.29, 1.82) is 0 Å². The number of hydrogen-bond donors (Lipinski definition) is 2. The first-order valence-electron chi connectivity index (χ1n) is 9.63. The molecule has 1 aliphatic rings. The van der Waals surface area contributed by atoms with Crippen molar-refractivity contribution in [3.05, 3.63) is 36.1 Å². The Morgan fingerprint density at radius 2 is 2.04 bits per heavy atom. The number of piperidine rings is 1. The van der Waals surface area contributed by atoms with Crippen LogP contribution in [0.25, 0.3) is 11.0 Å². The molecule has 0 aliphatic carbocycles. The van der Waals surface area contributed by atoms with Gasteiger partial charge in [-0.1, -0.05) is 18.2 Å². The van der Waals surface area contributed by atoms with Gasteiger partial charge in [-0.15, -0.1) is 24.0 Å². The molecule has 28 heavy (non-hydrogen) atoms. The lowest BCUT2D eigenvalue weighted by molar-refractivity contribution is 0.0963. The van der Waals surface area contributed by atoms with Gasteiger partial charge in [-0.2, -0.15) is 0 Å². The fourth-order valence-corrected chi connectivity index (χ4v) is 3.21. The van der Waals surface area contributed by atoms with Crippen molar-refractivity contribution in [2.24, 2.45) is 4.99 Å². The Bertz CT molecular complexity index is 752. The van der Waals surface area contributed by atoms with Gasteiger partial charge in [-0.05, 0) is 38.8 Å². The van der Waals surface area contributed by atoms with E-state index in [4.69, 9.17) is 9.15 Å². The Kier molecular flexibility index (Phi) is 8.88. The predicted molar refractivity (Wildman–Crippen MR) is 121 cm³/mol. The maximum atomic E-state index is 11.8. The molecule has 0 unspecified atom stereocenters. The molecule has 1 fully saturated rings. The first-order valence-corrected chi connectivity index (χ1v) is 9.63. The maximum absolute atomic E-state index is 11.8. The molecule has 2 heterocycles. The average Bonchev–Trinajstić information content (AvgIpc) is 3.10. The number of amides is 1. The third-order valence-corrected chi connectivity index (χ3v) is 4.58. The highest BCUT2D eigenvalue weighted by molar-refractivity contribution is 14.0. The van der Waals surface area contributed by atoms with Crippen LogP contribution in [0.3, 0.4) is 0 Å². The Hall–Kier alpha value is -1.97. The van der Waals surface area contributed by atoms with E-state index in [9.17, 15) is 4.79 Å². The zero-order chi connectivity index (χ0) is 19.1. The minimum atomic E-state index is -0.221. The summed E-state index contributed by atoms with van der Waals surface area (Å²) in [6.45, 7) is 6.93. The smallest absolute Gasteiger partial charge is 0.409 e. The monoisotopic (exact) mass is 500 g/mol. The number of carbonyl (C=O) groups is 1. The van der Waals surface area contributed by atoms with Crippen LogP contribution in [0.4, 0.5) is 4.79 Å². The van der Waals surface area contributed by atoms with Gasteiger partial charge in [-0.3, -0.25) is 0 Å². The van der Waals surface area contributed by atoms with E-state index in [-0.39, 0.29) is 36.1 Å². The molecule has 2 N–H and O–H groups in total. The average molecular weight is 500 g/mol. The fraction of sp³-hybridized carbons (Fsp3) is 0.500. The second kappa shape index (κ2) is 11.1. The standard InChI is InChI=1S/C20H28N4O3.HI/c1-3-21-19(22-14-17-13-15-7-5-6-8-18(15)27-17)23-16-9-11-24(12-10-16)20(25)26-4-2;/h5-8,13,16H,3-4,9-12,14H2,1-2H3,(H2,21,22,23);1H. The third-order valence-electron chi connectivity index (χ3n) is 4.58. The van der Waals surface area contributed by atoms with Crippen molar-refractivity contribution >= 4 is 47.0 Å². The summed E-state index contributed by atoms with van der Waals surface area (Å²) in [5.41, 5.74) is 0.881. The topological polar surface area (TPSA) is 79.1 Å². The Labute approximate surface area is 182 Å². The van der Waals surface area contributed by atoms with Crippen molar-refractivity contribution < 1.29 is 13.9 Å². The molecule has 1 amide bonds. The number of para-hydroxylation sites is 1. The Morgan fingerprint density at radius 3 is 2.71 bits per heavy atom. The SMILES string of the molecule is CCNC(=NCc1cc2ccccc2o1)NC1CCN(C(=O)OCC)CC1.I. The van der Waals surface area contributed by atoms with Gasteiger partial charge in [0.05, 0.1) is 6.61 Å². The number of nitrogens with zero attached hydrogens (tertiary/aromatic N) is 2. The number of benzene rings is 1. The highest BCUT2D eigenvalue weighted by Crippen LogP contribution is 2.19. The molecular formula is C20H29IN4O3. The van der Waals surface area contributed by atoms with Crippen LogP contribution in [-0.2, 0) is 11.3 Å². The van der Waals surface area contributed by atoms with Crippen LogP contribution in [0.1, 0.15) is 32.4 Å². The van der Waals surface area contributed by atoms with Crippen LogP contribution in [0.5, 0.6) is 0 Å². The second-order valence-corrected chi connectivity index (χ2v) is 6.55. The lowest BCUT2D eigenvalue weighted by Gasteiger charge is -2.32. The van der Waals surface area contributed by atoms with Gasteiger partial charge in [0, 0.05) is 31.1 Å². The molecule has 3 rings (SSSR count). The number of rotatable bonds is 5. The number of nitrogens with one attached hydrogen (secondary N) is 2. The molecule has 0 spiro atoms. The van der Waals surface area contributed by atoms with Gasteiger partial charge in [0.15, 0.2) is 5.96 Å². The van der Waals surface area contributed by atoms with Gasteiger partial charge < -0.3 is 24.7 Å². The number of ether oxygens (including phenoxy) is 1. The fourth-order valence-electron chi connectivity index (χ4n) is 3.21. The molecule has 0 bridgehead atoms. The van der Waals surface area contributed by atoms with E-state index in [1.165, 1.54) is 0 Å². The van der Waals surface area contributed by atoms with Crippen LogP contribution in [0.2, 0.25) is 0 Å². The summed E-state index contributed by atoms with van der Waals surface area (Å²) in [4.78, 5) is 18.2. The number of fused-ring (bicyclic) bond motifs is 1. The van der Waals surface area contributed by atoms with Crippen molar-refractivity contribution in [3.63, 3.8) is 0 Å². The highest BCUT2D eigenvalue weighted by Gasteiger charge is 2.24. The molecule has 0 saturated carbocycles. The largest absolute Gasteiger partial charge is 0.459 e. The first kappa shape index (κ1) is 22.3. The molecule has 1 aromatic carbocycles. The van der Waals surface area contributed by atoms with E-state index in [0.29, 0.717) is 26.2 Å². The highest BCUT2D eigenvalue weighted by atomic mass is 127. The molecular weight excluding hydrogens is 471 g/mol. The number of likely N-dealkylation sites (tertiary alicyclic amines) is 1. The minimum Gasteiger partial charge on any atom is -0.459 e. The summed E-state index contributed by atoms with van der Waals surface area (Å²) >= 11 is 0. The maximum Gasteiger partial charge on any atom is 0.409 e. The summed E-state index contributed by atoms with van der Waals surface area (Å²) in [5.74, 6) is 1.61. The molecule has 0 atom stereocenters. The summed E-state index contributed by atoms with van der Waals surface area (Å²) in [6, 6.07) is 10.3. The van der Waals surface area contributed by atoms with Crippen LogP contribution in [0, 0.1) is 0 Å². The Morgan fingerprint density at radius 1 is 1.29 bits per heavy atom. The van der Waals surface area contributed by atoms with E-state index in [1.54, 1.807) is 4.90 Å². The molecule has 1 aromatic heterocycles. The third kappa shape index (κ3) is 6.02. The molecule has 1 saturated heterocycles. The summed E-state index contributed by atoms with van der Waals surface area (Å²) < 4.78 is 10.9. The predicted octanol–water partition coefficient (Wildman–Crippen LogP) is 3.73. The van der Waals surface area contributed by atoms with Crippen molar-refractivity contribution in [1.82, 2.24) is 15.5 Å². The molecule has 0 radical (unpaired) electrons. The van der Waals surface area contributed by atoms with Crippen LogP contribution < -0.4 is 10.6 Å². The van der Waals surface area contributed by atoms with Crippen LogP contribution >= 0.6 is 24.0 Å². The second-order valence-electron chi connectivity index (χ2n) is 6.55. The zero-order valence-electron chi connectivity index (χ0n) is 16.4. The molecule has 154 valence electrons. The lowest BCUT2D eigenvalue weighted by atomic mass is 10.1. The lowest BCUT2D eigenvalue weighted by Crippen LogP contribution is -2.49. The normalized spacial score (nSPS) is 15.2. The van der Waals surface area contributed by atoms with Crippen molar-refractivity contribution in [2.45, 2.75) is 39.3 Å². The molecule has 8 heteroatoms. The van der Waals surface area contributed by atoms with Crippen molar-refractivity contribution in [3.8, 4) is 0 Å². The quantitative estimate of drug-likeness (QED) is 0.372. The van der Waals surface area contributed by atoms with E-state index in [2.05, 4.69) is 15.6 Å². The van der Waals surface area contributed by atoms with Gasteiger partial charge in [-0.25, -0.2) is 9.79 Å². The van der Waals surface area contributed by atoms with Gasteiger partial charge in [0.25, 0.3) is 0 Å². The summed E-state index contributed by atoms with van der Waals surface area (Å²) in [7, 11) is 0. The number of furan rings is 1. The van der Waals surface area contributed by atoms with E-state index in [0.717, 1.165) is 42.1 Å². The minimum absolute atomic E-state index is 0. The summed E-state index contributed by atoms with van der Waals surface area (Å²) in [5, 5.41) is 7.84. The van der Waals surface area contributed by atoms with Crippen LogP contribution in [-0.4, -0.2) is 49.2 Å². The van der Waals surface area contributed by atoms with Crippen LogP contribution in [0.15, 0.2) is 39.7 Å². The molecule has 7 nitrogen and oxygen atoms in total. The van der Waals surface area contributed by atoms with E-state index < -0.39 is 0 Å².